The Labute approximate surface area is 144 Å². The van der Waals surface area contributed by atoms with Gasteiger partial charge in [-0.3, -0.25) is 9.59 Å². The summed E-state index contributed by atoms with van der Waals surface area (Å²) in [6.07, 6.45) is -3.27. The molecule has 0 bridgehead atoms. The fourth-order valence-corrected chi connectivity index (χ4v) is 3.19. The summed E-state index contributed by atoms with van der Waals surface area (Å²) < 4.78 is 43.3. The standard InChI is InChI=1S/C16H12F3NO4S/c1-15(23,16(17,18)19)14(22)20-10-3-2-8-6-9-4-5-24-12(9)13(21)25-11(8)7-10/h2-5,7,23H,6H2,1H3,(H,20,22). The number of hydrogen-bond donors (Lipinski definition) is 2. The third kappa shape index (κ3) is 3.16. The zero-order valence-corrected chi connectivity index (χ0v) is 13.6. The van der Waals surface area contributed by atoms with Gasteiger partial charge in [0.25, 0.3) is 11.0 Å². The van der Waals surface area contributed by atoms with Gasteiger partial charge < -0.3 is 14.8 Å². The summed E-state index contributed by atoms with van der Waals surface area (Å²) in [5.74, 6) is -1.37. The van der Waals surface area contributed by atoms with Crippen molar-refractivity contribution in [2.75, 3.05) is 5.32 Å². The van der Waals surface area contributed by atoms with Crippen molar-refractivity contribution in [2.45, 2.75) is 30.0 Å². The molecule has 9 heteroatoms. The highest BCUT2D eigenvalue weighted by atomic mass is 32.2. The minimum Gasteiger partial charge on any atom is -0.460 e. The van der Waals surface area contributed by atoms with Crippen LogP contribution in [0, 0.1) is 0 Å². The van der Waals surface area contributed by atoms with Gasteiger partial charge in [0.05, 0.1) is 6.26 Å². The van der Waals surface area contributed by atoms with E-state index in [4.69, 9.17) is 4.42 Å². The molecule has 1 aliphatic rings. The average Bonchev–Trinajstić information content (AvgIpc) is 2.92. The number of alkyl halides is 3. The third-order valence-corrected chi connectivity index (χ3v) is 4.81. The van der Waals surface area contributed by atoms with Gasteiger partial charge in [0.1, 0.15) is 0 Å². The fraction of sp³-hybridized carbons (Fsp3) is 0.250. The second-order valence-corrected chi connectivity index (χ2v) is 6.70. The average molecular weight is 371 g/mol. The van der Waals surface area contributed by atoms with E-state index in [1.807, 2.05) is 5.32 Å². The number of carbonyl (C=O) groups excluding carboxylic acids is 2. The first-order valence-corrected chi connectivity index (χ1v) is 7.93. The number of amides is 1. The molecule has 5 nitrogen and oxygen atoms in total. The van der Waals surface area contributed by atoms with Crippen LogP contribution < -0.4 is 5.32 Å². The SMILES string of the molecule is CC(O)(C(=O)Nc1ccc2c(c1)SC(=O)c1occc1C2)C(F)(F)F. The van der Waals surface area contributed by atoms with Gasteiger partial charge in [0.2, 0.25) is 5.60 Å². The van der Waals surface area contributed by atoms with E-state index in [1.165, 1.54) is 18.4 Å². The van der Waals surface area contributed by atoms with E-state index in [9.17, 15) is 27.9 Å². The Hall–Kier alpha value is -2.26. The van der Waals surface area contributed by atoms with E-state index in [0.717, 1.165) is 17.3 Å². The molecule has 1 amide bonds. The topological polar surface area (TPSA) is 79.5 Å². The molecule has 0 saturated carbocycles. The van der Waals surface area contributed by atoms with Crippen LogP contribution in [0.2, 0.25) is 0 Å². The van der Waals surface area contributed by atoms with Gasteiger partial charge in [-0.1, -0.05) is 6.07 Å². The van der Waals surface area contributed by atoms with Crippen molar-refractivity contribution in [1.82, 2.24) is 0 Å². The Bertz CT molecular complexity index is 857. The quantitative estimate of drug-likeness (QED) is 0.846. The highest BCUT2D eigenvalue weighted by molar-refractivity contribution is 8.14. The van der Waals surface area contributed by atoms with Gasteiger partial charge >= 0.3 is 6.18 Å². The highest BCUT2D eigenvalue weighted by Crippen LogP contribution is 2.36. The molecule has 2 N–H and O–H groups in total. The molecule has 2 heterocycles. The van der Waals surface area contributed by atoms with Crippen molar-refractivity contribution in [2.24, 2.45) is 0 Å². The van der Waals surface area contributed by atoms with Crippen LogP contribution >= 0.6 is 11.8 Å². The number of carbonyl (C=O) groups is 2. The molecule has 0 aliphatic carbocycles. The first-order valence-electron chi connectivity index (χ1n) is 7.11. The summed E-state index contributed by atoms with van der Waals surface area (Å²) in [7, 11) is 0. The van der Waals surface area contributed by atoms with Crippen molar-refractivity contribution in [3.05, 3.63) is 47.4 Å². The number of halogens is 3. The summed E-state index contributed by atoms with van der Waals surface area (Å²) in [4.78, 5) is 24.4. The normalized spacial score (nSPS) is 16.4. The van der Waals surface area contributed by atoms with Crippen LogP contribution in [-0.4, -0.2) is 27.9 Å². The summed E-state index contributed by atoms with van der Waals surface area (Å²) >= 11 is 0.866. The zero-order chi connectivity index (χ0) is 18.4. The minimum absolute atomic E-state index is 0.0482. The van der Waals surface area contributed by atoms with Crippen LogP contribution in [0.3, 0.4) is 0 Å². The number of fused-ring (bicyclic) bond motifs is 2. The van der Waals surface area contributed by atoms with Gasteiger partial charge in [-0.05, 0) is 42.4 Å². The second-order valence-electron chi connectivity index (χ2n) is 5.69. The maximum atomic E-state index is 12.7. The maximum Gasteiger partial charge on any atom is 0.426 e. The molecule has 25 heavy (non-hydrogen) atoms. The van der Waals surface area contributed by atoms with E-state index in [1.54, 1.807) is 12.1 Å². The molecule has 0 radical (unpaired) electrons. The lowest BCUT2D eigenvalue weighted by atomic mass is 10.0. The monoisotopic (exact) mass is 371 g/mol. The number of anilines is 1. The molecule has 0 fully saturated rings. The molecule has 1 aliphatic heterocycles. The molecule has 1 aromatic heterocycles. The van der Waals surface area contributed by atoms with Crippen LogP contribution in [0.15, 0.2) is 39.8 Å². The number of aliphatic hydroxyl groups is 1. The smallest absolute Gasteiger partial charge is 0.426 e. The van der Waals surface area contributed by atoms with Crippen molar-refractivity contribution < 1.29 is 32.3 Å². The van der Waals surface area contributed by atoms with Gasteiger partial charge in [-0.25, -0.2) is 0 Å². The summed E-state index contributed by atoms with van der Waals surface area (Å²) in [5.41, 5.74) is -1.98. The number of rotatable bonds is 2. The van der Waals surface area contributed by atoms with E-state index in [2.05, 4.69) is 0 Å². The molecule has 132 valence electrons. The van der Waals surface area contributed by atoms with Crippen LogP contribution in [0.1, 0.15) is 28.6 Å². The Kier molecular flexibility index (Phi) is 4.16. The van der Waals surface area contributed by atoms with E-state index >= 15 is 0 Å². The lowest BCUT2D eigenvalue weighted by Crippen LogP contribution is -2.52. The molecule has 1 unspecified atom stereocenters. The Morgan fingerprint density at radius 2 is 2.00 bits per heavy atom. The largest absolute Gasteiger partial charge is 0.460 e. The zero-order valence-electron chi connectivity index (χ0n) is 12.8. The number of hydrogen-bond acceptors (Lipinski definition) is 5. The fourth-order valence-electron chi connectivity index (χ4n) is 2.26. The van der Waals surface area contributed by atoms with E-state index in [-0.39, 0.29) is 16.6 Å². The number of furan rings is 1. The molecule has 2 aromatic rings. The van der Waals surface area contributed by atoms with Crippen molar-refractivity contribution in [3.8, 4) is 0 Å². The summed E-state index contributed by atoms with van der Waals surface area (Å²) in [6, 6.07) is 6.10. The maximum absolute atomic E-state index is 12.7. The third-order valence-electron chi connectivity index (χ3n) is 3.83. The lowest BCUT2D eigenvalue weighted by molar-refractivity contribution is -0.242. The van der Waals surface area contributed by atoms with Crippen molar-refractivity contribution in [1.29, 1.82) is 0 Å². The molecular formula is C16H12F3NO4S. The number of nitrogens with one attached hydrogen (secondary N) is 1. The van der Waals surface area contributed by atoms with Crippen molar-refractivity contribution in [3.63, 3.8) is 0 Å². The molecule has 0 spiro atoms. The number of benzene rings is 1. The predicted molar refractivity (Wildman–Crippen MR) is 83.5 cm³/mol. The first kappa shape index (κ1) is 17.6. The lowest BCUT2D eigenvalue weighted by Gasteiger charge is -2.25. The first-order chi connectivity index (χ1) is 11.6. The second kappa shape index (κ2) is 5.92. The van der Waals surface area contributed by atoms with Gasteiger partial charge in [0.15, 0.2) is 5.76 Å². The van der Waals surface area contributed by atoms with E-state index in [0.29, 0.717) is 23.8 Å². The minimum atomic E-state index is -5.11. The van der Waals surface area contributed by atoms with Gasteiger partial charge in [-0.2, -0.15) is 13.2 Å². The van der Waals surface area contributed by atoms with Crippen LogP contribution in [0.25, 0.3) is 0 Å². The Morgan fingerprint density at radius 3 is 2.68 bits per heavy atom. The highest BCUT2D eigenvalue weighted by Gasteiger charge is 2.55. The summed E-state index contributed by atoms with van der Waals surface area (Å²) in [6.45, 7) is 0.377. The van der Waals surface area contributed by atoms with Crippen molar-refractivity contribution >= 4 is 28.5 Å². The Morgan fingerprint density at radius 1 is 1.28 bits per heavy atom. The molecule has 1 aromatic carbocycles. The van der Waals surface area contributed by atoms with Crippen LogP contribution in [-0.2, 0) is 11.2 Å². The predicted octanol–water partition coefficient (Wildman–Crippen LogP) is 3.37. The van der Waals surface area contributed by atoms with Gasteiger partial charge in [0, 0.05) is 22.6 Å². The van der Waals surface area contributed by atoms with Crippen LogP contribution in [0.5, 0.6) is 0 Å². The van der Waals surface area contributed by atoms with Crippen LogP contribution in [0.4, 0.5) is 18.9 Å². The van der Waals surface area contributed by atoms with E-state index < -0.39 is 17.7 Å². The molecular weight excluding hydrogens is 359 g/mol. The molecule has 0 saturated heterocycles. The Balaban J connectivity index is 1.86. The summed E-state index contributed by atoms with van der Waals surface area (Å²) in [5, 5.41) is 11.1. The molecule has 1 atom stereocenters. The number of thioether (sulfide) groups is 1. The molecule has 3 rings (SSSR count). The van der Waals surface area contributed by atoms with Gasteiger partial charge in [-0.15, -0.1) is 0 Å².